The normalized spacial score (nSPS) is 17.1. The molecule has 0 atom stereocenters. The molecular weight excluding hydrogens is 468 g/mol. The number of carbonyl (C=O) groups is 3. The van der Waals surface area contributed by atoms with Crippen LogP contribution in [0.25, 0.3) is 0 Å². The topological polar surface area (TPSA) is 116 Å². The van der Waals surface area contributed by atoms with E-state index < -0.39 is 21.8 Å². The van der Waals surface area contributed by atoms with Crippen LogP contribution in [0.3, 0.4) is 0 Å². The fraction of sp³-hybridized carbons (Fsp3) is 0.400. The lowest BCUT2D eigenvalue weighted by atomic mass is 10.2. The van der Waals surface area contributed by atoms with Crippen LogP contribution in [0.1, 0.15) is 48.9 Å². The Bertz CT molecular complexity index is 1190. The first-order valence-corrected chi connectivity index (χ1v) is 13.4. The summed E-state index contributed by atoms with van der Waals surface area (Å²) < 4.78 is 27.5. The summed E-state index contributed by atoms with van der Waals surface area (Å²) in [4.78, 5) is 38.5. The number of nitrogens with one attached hydrogen (secondary N) is 2. The van der Waals surface area contributed by atoms with Crippen molar-refractivity contribution >= 4 is 39.1 Å². The molecule has 0 unspecified atom stereocenters. The number of carbonyl (C=O) groups excluding carboxylic acids is 3. The van der Waals surface area contributed by atoms with Crippen LogP contribution in [0.2, 0.25) is 0 Å². The average Bonchev–Trinajstić information content (AvgIpc) is 3.10. The van der Waals surface area contributed by atoms with Crippen molar-refractivity contribution in [3.05, 3.63) is 54.1 Å². The van der Waals surface area contributed by atoms with Crippen molar-refractivity contribution in [1.29, 1.82) is 0 Å². The lowest BCUT2D eigenvalue weighted by Crippen LogP contribution is -2.33. The third-order valence-electron chi connectivity index (χ3n) is 6.24. The van der Waals surface area contributed by atoms with Crippen molar-refractivity contribution in [1.82, 2.24) is 9.62 Å². The fourth-order valence-electron chi connectivity index (χ4n) is 4.35. The maximum Gasteiger partial charge on any atom is 0.251 e. The number of sulfonamides is 1. The summed E-state index contributed by atoms with van der Waals surface area (Å²) in [5, 5.41) is 5.21. The van der Waals surface area contributed by atoms with Gasteiger partial charge in [-0.15, -0.1) is 0 Å². The molecule has 35 heavy (non-hydrogen) atoms. The van der Waals surface area contributed by atoms with E-state index in [9.17, 15) is 22.8 Å². The molecular formula is C25H30N4O5S. The van der Waals surface area contributed by atoms with Crippen LogP contribution in [0.5, 0.6) is 0 Å². The zero-order valence-corrected chi connectivity index (χ0v) is 20.4. The van der Waals surface area contributed by atoms with Crippen molar-refractivity contribution in [3.63, 3.8) is 0 Å². The van der Waals surface area contributed by atoms with Gasteiger partial charge >= 0.3 is 0 Å². The molecule has 0 radical (unpaired) electrons. The van der Waals surface area contributed by atoms with Crippen molar-refractivity contribution in [2.24, 2.45) is 0 Å². The van der Waals surface area contributed by atoms with Gasteiger partial charge in [-0.25, -0.2) is 8.42 Å². The van der Waals surface area contributed by atoms with E-state index in [4.69, 9.17) is 0 Å². The third-order valence-corrected chi connectivity index (χ3v) is 8.14. The molecule has 2 aliphatic rings. The number of amides is 3. The Hall–Kier alpha value is -3.24. The molecule has 186 valence electrons. The first-order valence-electron chi connectivity index (χ1n) is 11.9. The predicted octanol–water partition coefficient (Wildman–Crippen LogP) is 2.75. The van der Waals surface area contributed by atoms with Crippen LogP contribution < -0.4 is 15.5 Å². The zero-order valence-electron chi connectivity index (χ0n) is 19.5. The van der Waals surface area contributed by atoms with Crippen molar-refractivity contribution in [2.75, 3.05) is 36.4 Å². The quantitative estimate of drug-likeness (QED) is 0.609. The van der Waals surface area contributed by atoms with Gasteiger partial charge in [0.05, 0.1) is 11.4 Å². The summed E-state index contributed by atoms with van der Waals surface area (Å²) in [5.74, 6) is -0.818. The van der Waals surface area contributed by atoms with Crippen LogP contribution in [0, 0.1) is 0 Å². The lowest BCUT2D eigenvalue weighted by molar-refractivity contribution is -0.117. The van der Waals surface area contributed by atoms with Gasteiger partial charge < -0.3 is 15.5 Å². The highest BCUT2D eigenvalue weighted by atomic mass is 32.2. The molecule has 2 aromatic carbocycles. The van der Waals surface area contributed by atoms with E-state index in [-0.39, 0.29) is 17.3 Å². The van der Waals surface area contributed by atoms with Gasteiger partial charge in [0, 0.05) is 43.0 Å². The Balaban J connectivity index is 1.32. The molecule has 10 heteroatoms. The smallest absolute Gasteiger partial charge is 0.251 e. The molecule has 0 bridgehead atoms. The molecule has 4 rings (SSSR count). The summed E-state index contributed by atoms with van der Waals surface area (Å²) in [7, 11) is -3.63. The number of hydrogen-bond acceptors (Lipinski definition) is 5. The van der Waals surface area contributed by atoms with E-state index in [0.29, 0.717) is 37.3 Å². The molecule has 2 heterocycles. The molecule has 2 aliphatic heterocycles. The fourth-order valence-corrected chi connectivity index (χ4v) is 5.91. The molecule has 0 aromatic heterocycles. The molecule has 0 aliphatic carbocycles. The van der Waals surface area contributed by atoms with E-state index in [2.05, 4.69) is 10.6 Å². The van der Waals surface area contributed by atoms with Crippen molar-refractivity contribution in [3.8, 4) is 0 Å². The first-order chi connectivity index (χ1) is 16.8. The average molecular weight is 499 g/mol. The van der Waals surface area contributed by atoms with Crippen LogP contribution in [-0.2, 0) is 19.6 Å². The molecule has 2 aromatic rings. The van der Waals surface area contributed by atoms with Gasteiger partial charge in [-0.1, -0.05) is 18.9 Å². The minimum Gasteiger partial charge on any atom is -0.343 e. The highest BCUT2D eigenvalue weighted by molar-refractivity contribution is 7.89. The molecule has 0 saturated carbocycles. The summed E-state index contributed by atoms with van der Waals surface area (Å²) in [5.41, 5.74) is 1.47. The van der Waals surface area contributed by atoms with Crippen LogP contribution >= 0.6 is 0 Å². The highest BCUT2D eigenvalue weighted by Crippen LogP contribution is 2.23. The highest BCUT2D eigenvalue weighted by Gasteiger charge is 2.25. The number of benzene rings is 2. The first kappa shape index (κ1) is 24.9. The van der Waals surface area contributed by atoms with E-state index in [1.54, 1.807) is 41.3 Å². The van der Waals surface area contributed by atoms with Gasteiger partial charge in [0.25, 0.3) is 5.91 Å². The Kier molecular flexibility index (Phi) is 7.82. The van der Waals surface area contributed by atoms with E-state index >= 15 is 0 Å². The molecule has 2 N–H and O–H groups in total. The van der Waals surface area contributed by atoms with Crippen molar-refractivity contribution in [2.45, 2.75) is 43.4 Å². The van der Waals surface area contributed by atoms with E-state index in [0.717, 1.165) is 37.8 Å². The van der Waals surface area contributed by atoms with Gasteiger partial charge in [0.1, 0.15) is 0 Å². The number of nitrogens with zero attached hydrogens (tertiary/aromatic N) is 2. The molecule has 9 nitrogen and oxygen atoms in total. The standard InChI is InChI=1S/C25H30N4O5S/c30-23(18-26-25(32)19-10-12-21(13-11-19)29-16-6-9-24(29)31)27-20-7-5-8-22(17-20)35(33,34)28-14-3-1-2-4-15-28/h5,7-8,10-13,17H,1-4,6,9,14-16,18H2,(H,26,32)(H,27,30). The number of rotatable bonds is 7. The summed E-state index contributed by atoms with van der Waals surface area (Å²) in [6.07, 6.45) is 5.09. The van der Waals surface area contributed by atoms with Crippen LogP contribution in [0.4, 0.5) is 11.4 Å². The minimum atomic E-state index is -3.63. The largest absolute Gasteiger partial charge is 0.343 e. The van der Waals surface area contributed by atoms with Crippen LogP contribution in [0.15, 0.2) is 53.4 Å². The second kappa shape index (κ2) is 11.0. The molecule has 3 amide bonds. The molecule has 0 spiro atoms. The second-order valence-electron chi connectivity index (χ2n) is 8.77. The number of hydrogen-bond donors (Lipinski definition) is 2. The van der Waals surface area contributed by atoms with Crippen molar-refractivity contribution < 1.29 is 22.8 Å². The predicted molar refractivity (Wildman–Crippen MR) is 133 cm³/mol. The Morgan fingerprint density at radius 2 is 1.60 bits per heavy atom. The van der Waals surface area contributed by atoms with Gasteiger partial charge in [0.2, 0.25) is 21.8 Å². The van der Waals surface area contributed by atoms with Gasteiger partial charge in [-0.2, -0.15) is 4.31 Å². The number of anilines is 2. The van der Waals surface area contributed by atoms with E-state index in [1.165, 1.54) is 16.4 Å². The summed E-state index contributed by atoms with van der Waals surface area (Å²) >= 11 is 0. The lowest BCUT2D eigenvalue weighted by Gasteiger charge is -2.20. The van der Waals surface area contributed by atoms with E-state index in [1.807, 2.05) is 0 Å². The van der Waals surface area contributed by atoms with Crippen LogP contribution in [-0.4, -0.2) is 56.6 Å². The summed E-state index contributed by atoms with van der Waals surface area (Å²) in [6.45, 7) is 1.40. The third kappa shape index (κ3) is 6.07. The maximum absolute atomic E-state index is 13.0. The Labute approximate surface area is 205 Å². The SMILES string of the molecule is O=C(CNC(=O)c1ccc(N2CCCC2=O)cc1)Nc1cccc(S(=O)(=O)N2CCCCCC2)c1. The minimum absolute atomic E-state index is 0.0715. The van der Waals surface area contributed by atoms with Gasteiger partial charge in [0.15, 0.2) is 0 Å². The maximum atomic E-state index is 13.0. The monoisotopic (exact) mass is 498 g/mol. The zero-order chi connectivity index (χ0) is 24.8. The van der Waals surface area contributed by atoms with Gasteiger partial charge in [-0.05, 0) is 61.7 Å². The second-order valence-corrected chi connectivity index (χ2v) is 10.7. The Morgan fingerprint density at radius 1 is 0.886 bits per heavy atom. The summed E-state index contributed by atoms with van der Waals surface area (Å²) in [6, 6.07) is 12.8. The molecule has 2 fully saturated rings. The van der Waals surface area contributed by atoms with Gasteiger partial charge in [-0.3, -0.25) is 14.4 Å². The Morgan fingerprint density at radius 3 is 2.26 bits per heavy atom. The molecule has 2 saturated heterocycles.